The van der Waals surface area contributed by atoms with Crippen LogP contribution >= 0.6 is 0 Å². The molecule has 0 aliphatic carbocycles. The van der Waals surface area contributed by atoms with Crippen LogP contribution in [0.15, 0.2) is 34.3 Å². The number of carbonyl (C=O) groups excluding carboxylic acids is 7. The quantitative estimate of drug-likeness (QED) is 0.0189. The number of nitrogens with two attached hydrogens (primary N) is 7. The number of phenolic OH excluding ortho intramolecular Hbond substituents is 1. The number of aliphatic imine (C=N–C) groups is 2. The molecule has 22 N–H and O–H groups in total. The Morgan fingerprint density at radius 1 is 0.585 bits per heavy atom. The predicted molar refractivity (Wildman–Crippen MR) is 241 cm³/mol. The van der Waals surface area contributed by atoms with Crippen molar-refractivity contribution >= 4 is 59.2 Å². The highest BCUT2D eigenvalue weighted by Crippen LogP contribution is 2.13. The number of phenols is 1. The van der Waals surface area contributed by atoms with Crippen LogP contribution in [0.1, 0.15) is 84.1 Å². The molecule has 0 aromatic heterocycles. The number of hydrogen-bond acceptors (Lipinski definition) is 13. The highest BCUT2D eigenvalue weighted by Gasteiger charge is 2.34. The van der Waals surface area contributed by atoms with Crippen LogP contribution in [0.25, 0.3) is 0 Å². The summed E-state index contributed by atoms with van der Waals surface area (Å²) >= 11 is 0. The molecule has 65 heavy (non-hydrogen) atoms. The molecule has 25 nitrogen and oxygen atoms in total. The molecule has 7 amide bonds. The molecule has 0 aliphatic rings. The summed E-state index contributed by atoms with van der Waals surface area (Å²) in [6.45, 7) is 5.36. The SMILES string of the molecule is CCC[C@H](NC(=O)[C@H](CCCN=C(N)N)NC(=O)[C@@H](CC(=O)O)NC(=O)[C@@H](N)CCCN=C(N)N)C(=O)N[C@@H](Cc1ccc(O)cc1)C(=O)N[C@@H](CN)C(=O)N[C@@H](CCC(C)C)C(N)=O. The lowest BCUT2D eigenvalue weighted by Crippen LogP contribution is -2.61. The summed E-state index contributed by atoms with van der Waals surface area (Å²) in [6, 6.07) is -3.68. The van der Waals surface area contributed by atoms with Gasteiger partial charge in [0.25, 0.3) is 0 Å². The fourth-order valence-electron chi connectivity index (χ4n) is 6.10. The summed E-state index contributed by atoms with van der Waals surface area (Å²) < 4.78 is 0. The van der Waals surface area contributed by atoms with Crippen molar-refractivity contribution in [3.63, 3.8) is 0 Å². The number of nitrogens with one attached hydrogen (secondary N) is 6. The Morgan fingerprint density at radius 2 is 1.03 bits per heavy atom. The molecule has 0 radical (unpaired) electrons. The van der Waals surface area contributed by atoms with Gasteiger partial charge in [-0.1, -0.05) is 39.3 Å². The molecule has 0 unspecified atom stereocenters. The maximum atomic E-state index is 14.0. The summed E-state index contributed by atoms with van der Waals surface area (Å²) in [4.78, 5) is 113. The summed E-state index contributed by atoms with van der Waals surface area (Å²) in [7, 11) is 0. The number of nitrogens with zero attached hydrogens (tertiary/aromatic N) is 2. The molecular formula is C40H69N15O10. The lowest BCUT2D eigenvalue weighted by Gasteiger charge is -2.27. The Hall–Kier alpha value is -6.76. The van der Waals surface area contributed by atoms with Crippen LogP contribution in [0.5, 0.6) is 5.75 Å². The zero-order chi connectivity index (χ0) is 49.2. The van der Waals surface area contributed by atoms with Crippen LogP contribution in [0, 0.1) is 5.92 Å². The number of carbonyl (C=O) groups is 8. The van der Waals surface area contributed by atoms with Gasteiger partial charge in [0.15, 0.2) is 11.9 Å². The fraction of sp³-hybridized carbons (Fsp3) is 0.600. The van der Waals surface area contributed by atoms with Gasteiger partial charge in [0.05, 0.1) is 12.5 Å². The Balaban J connectivity index is 3.41. The van der Waals surface area contributed by atoms with E-state index in [1.54, 1.807) is 6.92 Å². The van der Waals surface area contributed by atoms with Crippen molar-refractivity contribution in [1.29, 1.82) is 0 Å². The third-order valence-electron chi connectivity index (χ3n) is 9.68. The Bertz CT molecular complexity index is 1800. The maximum Gasteiger partial charge on any atom is 0.305 e. The van der Waals surface area contributed by atoms with Crippen molar-refractivity contribution in [2.75, 3.05) is 19.6 Å². The lowest BCUT2D eigenvalue weighted by atomic mass is 10.0. The average molecular weight is 920 g/mol. The smallest absolute Gasteiger partial charge is 0.305 e. The number of rotatable bonds is 31. The van der Waals surface area contributed by atoms with Crippen molar-refractivity contribution in [2.45, 2.75) is 127 Å². The molecule has 1 rings (SSSR count). The fourth-order valence-corrected chi connectivity index (χ4v) is 6.10. The van der Waals surface area contributed by atoms with Gasteiger partial charge in [0.1, 0.15) is 42.0 Å². The van der Waals surface area contributed by atoms with E-state index < -0.39 is 103 Å². The Morgan fingerprint density at radius 3 is 1.52 bits per heavy atom. The van der Waals surface area contributed by atoms with Crippen LogP contribution in [0.3, 0.4) is 0 Å². The summed E-state index contributed by atoms with van der Waals surface area (Å²) in [5.74, 6) is -7.81. The number of carboxylic acid groups (broad SMARTS) is 1. The minimum absolute atomic E-state index is 0.0157. The molecule has 364 valence electrons. The first-order valence-electron chi connectivity index (χ1n) is 21.3. The van der Waals surface area contributed by atoms with Crippen LogP contribution in [0.2, 0.25) is 0 Å². The van der Waals surface area contributed by atoms with Crippen LogP contribution < -0.4 is 72.0 Å². The molecule has 0 saturated heterocycles. The largest absolute Gasteiger partial charge is 0.508 e. The predicted octanol–water partition coefficient (Wildman–Crippen LogP) is -4.57. The molecule has 0 aliphatic heterocycles. The molecular weight excluding hydrogens is 851 g/mol. The number of benzene rings is 1. The number of amides is 7. The van der Waals surface area contributed by atoms with Crippen molar-refractivity contribution in [1.82, 2.24) is 31.9 Å². The van der Waals surface area contributed by atoms with E-state index in [0.29, 0.717) is 18.4 Å². The number of carboxylic acids is 1. The number of aromatic hydroxyl groups is 1. The van der Waals surface area contributed by atoms with E-state index in [0.717, 1.165) is 0 Å². The van der Waals surface area contributed by atoms with Gasteiger partial charge in [-0.3, -0.25) is 48.3 Å². The normalized spacial score (nSPS) is 14.1. The molecule has 0 spiro atoms. The highest BCUT2D eigenvalue weighted by atomic mass is 16.4. The van der Waals surface area contributed by atoms with Crippen molar-refractivity contribution in [3.8, 4) is 5.75 Å². The highest BCUT2D eigenvalue weighted by molar-refractivity contribution is 5.98. The first-order chi connectivity index (χ1) is 30.6. The van der Waals surface area contributed by atoms with Gasteiger partial charge in [-0.25, -0.2) is 0 Å². The van der Waals surface area contributed by atoms with E-state index in [4.69, 9.17) is 40.1 Å². The standard InChI is InChI=1S/C40H69N15O10/c1-4-7-26(34(61)54-28(18-22-11-13-23(56)14-12-22)36(63)55-30(20-41)38(65)50-25(32(43)59)15-10-21(2)3)51-35(62)27(9-6-17-49-40(46)47)52-37(64)29(19-31(57)58)53-33(60)24(42)8-5-16-48-39(44)45/h11-14,21,24-30,56H,4-10,15-20,41-42H2,1-3H3,(H2,43,59)(H,50,65)(H,51,62)(H,52,64)(H,53,60)(H,54,61)(H,55,63)(H,57,58)(H4,44,45,48)(H4,46,47,49)/t24-,25-,26-,27-,28-,29+,30-/m0/s1. The van der Waals surface area contributed by atoms with Crippen LogP contribution in [-0.2, 0) is 44.8 Å². The molecule has 0 fully saturated rings. The second-order valence-corrected chi connectivity index (χ2v) is 15.7. The van der Waals surface area contributed by atoms with Crippen LogP contribution in [0.4, 0.5) is 0 Å². The molecule has 0 heterocycles. The third-order valence-corrected chi connectivity index (χ3v) is 9.68. The average Bonchev–Trinajstić information content (AvgIpc) is 3.23. The first-order valence-corrected chi connectivity index (χ1v) is 21.3. The number of guanidine groups is 2. The summed E-state index contributed by atoms with van der Waals surface area (Å²) in [5, 5.41) is 34.4. The van der Waals surface area contributed by atoms with E-state index in [-0.39, 0.29) is 81.6 Å². The molecule has 7 atom stereocenters. The summed E-state index contributed by atoms with van der Waals surface area (Å²) in [6.07, 6.45) is 0.470. The molecule has 1 aromatic carbocycles. The van der Waals surface area contributed by atoms with Gasteiger partial charge in [-0.15, -0.1) is 0 Å². The monoisotopic (exact) mass is 920 g/mol. The van der Waals surface area contributed by atoms with Gasteiger partial charge >= 0.3 is 5.97 Å². The maximum absolute atomic E-state index is 14.0. The van der Waals surface area contributed by atoms with E-state index >= 15 is 0 Å². The van der Waals surface area contributed by atoms with E-state index in [1.807, 2.05) is 13.8 Å². The van der Waals surface area contributed by atoms with E-state index in [2.05, 4.69) is 41.9 Å². The first kappa shape index (κ1) is 56.3. The van der Waals surface area contributed by atoms with Gasteiger partial charge in [0, 0.05) is 26.1 Å². The zero-order valence-electron chi connectivity index (χ0n) is 37.2. The van der Waals surface area contributed by atoms with Crippen molar-refractivity contribution < 1.29 is 48.6 Å². The number of aliphatic carboxylic acids is 1. The topological polar surface area (TPSA) is 456 Å². The second kappa shape index (κ2) is 29.6. The molecule has 1 aromatic rings. The lowest BCUT2D eigenvalue weighted by molar-refractivity contribution is -0.141. The third kappa shape index (κ3) is 22.9. The van der Waals surface area contributed by atoms with Gasteiger partial charge in [-0.05, 0) is 68.6 Å². The molecule has 25 heteroatoms. The Kier molecular flexibility index (Phi) is 25.6. The van der Waals surface area contributed by atoms with Crippen molar-refractivity contribution in [3.05, 3.63) is 29.8 Å². The number of primary amides is 1. The second-order valence-electron chi connectivity index (χ2n) is 15.7. The van der Waals surface area contributed by atoms with E-state index in [1.165, 1.54) is 24.3 Å². The van der Waals surface area contributed by atoms with Crippen LogP contribution in [-0.4, -0.2) is 131 Å². The van der Waals surface area contributed by atoms with Gasteiger partial charge in [-0.2, -0.15) is 0 Å². The molecule has 0 saturated carbocycles. The minimum Gasteiger partial charge on any atom is -0.508 e. The molecule has 0 bridgehead atoms. The van der Waals surface area contributed by atoms with Gasteiger partial charge < -0.3 is 82.2 Å². The van der Waals surface area contributed by atoms with Gasteiger partial charge in [0.2, 0.25) is 41.4 Å². The zero-order valence-corrected chi connectivity index (χ0v) is 37.2. The Labute approximate surface area is 377 Å². The number of hydrogen-bond donors (Lipinski definition) is 15. The van der Waals surface area contributed by atoms with Crippen molar-refractivity contribution in [2.24, 2.45) is 56.0 Å². The van der Waals surface area contributed by atoms with E-state index in [9.17, 15) is 48.6 Å². The minimum atomic E-state index is -1.69. The summed E-state index contributed by atoms with van der Waals surface area (Å²) in [5.41, 5.74) is 39.3.